The van der Waals surface area contributed by atoms with Gasteiger partial charge < -0.3 is 15.1 Å². The molecule has 2 aromatic rings. The predicted molar refractivity (Wildman–Crippen MR) is 128 cm³/mol. The maximum Gasteiger partial charge on any atom is 0.253 e. The molecule has 0 spiro atoms. The molecule has 0 radical (unpaired) electrons. The first-order valence-electron chi connectivity index (χ1n) is 11.7. The van der Waals surface area contributed by atoms with E-state index in [1.165, 1.54) is 0 Å². The maximum atomic E-state index is 13.2. The molecule has 0 aromatic heterocycles. The van der Waals surface area contributed by atoms with E-state index in [0.717, 1.165) is 31.5 Å². The Hall–Kier alpha value is -2.86. The molecule has 4 rings (SSSR count). The third kappa shape index (κ3) is 5.74. The third-order valence-electron chi connectivity index (χ3n) is 6.62. The normalized spacial score (nSPS) is 17.6. The highest BCUT2D eigenvalue weighted by Crippen LogP contribution is 2.25. The molecule has 7 heteroatoms. The summed E-state index contributed by atoms with van der Waals surface area (Å²) in [5, 5.41) is 3.37. The van der Waals surface area contributed by atoms with Gasteiger partial charge in [-0.2, -0.15) is 0 Å². The molecule has 2 aliphatic rings. The van der Waals surface area contributed by atoms with Crippen LogP contribution in [0.3, 0.4) is 0 Å². The van der Waals surface area contributed by atoms with Crippen molar-refractivity contribution in [2.45, 2.75) is 38.1 Å². The van der Waals surface area contributed by atoms with Gasteiger partial charge in [0.1, 0.15) is 0 Å². The minimum atomic E-state index is -0.466. The monoisotopic (exact) mass is 467 g/mol. The van der Waals surface area contributed by atoms with E-state index in [1.807, 2.05) is 40.1 Å². The quantitative estimate of drug-likeness (QED) is 0.696. The van der Waals surface area contributed by atoms with Crippen LogP contribution in [0.25, 0.3) is 0 Å². The average Bonchev–Trinajstić information content (AvgIpc) is 3.39. The Kier molecular flexibility index (Phi) is 7.65. The zero-order valence-corrected chi connectivity index (χ0v) is 19.5. The summed E-state index contributed by atoms with van der Waals surface area (Å²) >= 11 is 6.20. The smallest absolute Gasteiger partial charge is 0.253 e. The third-order valence-corrected chi connectivity index (χ3v) is 6.95. The number of carbonyl (C=O) groups excluding carboxylic acids is 3. The Morgan fingerprint density at radius 3 is 2.18 bits per heavy atom. The van der Waals surface area contributed by atoms with Crippen molar-refractivity contribution in [1.29, 1.82) is 0 Å². The second kappa shape index (κ2) is 10.8. The highest BCUT2D eigenvalue weighted by Gasteiger charge is 2.32. The first-order valence-corrected chi connectivity index (χ1v) is 12.1. The van der Waals surface area contributed by atoms with Crippen LogP contribution in [0.4, 0.5) is 0 Å². The fourth-order valence-electron chi connectivity index (χ4n) is 4.69. The molecule has 33 heavy (non-hydrogen) atoms. The summed E-state index contributed by atoms with van der Waals surface area (Å²) in [6.45, 7) is 2.87. The second-order valence-electron chi connectivity index (χ2n) is 8.81. The van der Waals surface area contributed by atoms with E-state index < -0.39 is 6.04 Å². The summed E-state index contributed by atoms with van der Waals surface area (Å²) in [7, 11) is 0. The van der Waals surface area contributed by atoms with Crippen LogP contribution in [-0.2, 0) is 9.59 Å². The van der Waals surface area contributed by atoms with Gasteiger partial charge in [0.25, 0.3) is 5.91 Å². The van der Waals surface area contributed by atoms with Gasteiger partial charge in [-0.1, -0.05) is 54.1 Å². The lowest BCUT2D eigenvalue weighted by Crippen LogP contribution is -2.44. The molecular formula is C26H30ClN3O3. The van der Waals surface area contributed by atoms with Crippen molar-refractivity contribution in [3.63, 3.8) is 0 Å². The average molecular weight is 468 g/mol. The van der Waals surface area contributed by atoms with E-state index in [9.17, 15) is 14.4 Å². The highest BCUT2D eigenvalue weighted by molar-refractivity contribution is 6.33. The lowest BCUT2D eigenvalue weighted by Gasteiger charge is -2.34. The van der Waals surface area contributed by atoms with Crippen LogP contribution in [0.1, 0.15) is 54.1 Å². The molecule has 2 heterocycles. The molecule has 1 unspecified atom stereocenters. The van der Waals surface area contributed by atoms with E-state index in [-0.39, 0.29) is 30.1 Å². The fraction of sp³-hybridized carbons (Fsp3) is 0.423. The molecule has 2 aliphatic heterocycles. The minimum Gasteiger partial charge on any atom is -0.345 e. The lowest BCUT2D eigenvalue weighted by atomic mass is 9.94. The van der Waals surface area contributed by atoms with Crippen LogP contribution in [-0.4, -0.2) is 53.7 Å². The van der Waals surface area contributed by atoms with E-state index in [0.29, 0.717) is 36.5 Å². The van der Waals surface area contributed by atoms with Crippen LogP contribution in [0.15, 0.2) is 54.6 Å². The van der Waals surface area contributed by atoms with E-state index in [2.05, 4.69) is 5.32 Å². The van der Waals surface area contributed by atoms with Gasteiger partial charge in [0.15, 0.2) is 0 Å². The minimum absolute atomic E-state index is 0.0111. The van der Waals surface area contributed by atoms with Gasteiger partial charge in [-0.05, 0) is 43.4 Å². The molecule has 2 aromatic carbocycles. The fourth-order valence-corrected chi connectivity index (χ4v) is 4.92. The van der Waals surface area contributed by atoms with Crippen molar-refractivity contribution < 1.29 is 14.4 Å². The highest BCUT2D eigenvalue weighted by atomic mass is 35.5. The number of likely N-dealkylation sites (tertiary alicyclic amines) is 2. The Labute approximate surface area is 199 Å². The molecule has 2 fully saturated rings. The summed E-state index contributed by atoms with van der Waals surface area (Å²) < 4.78 is 0. The van der Waals surface area contributed by atoms with Crippen molar-refractivity contribution in [1.82, 2.24) is 15.1 Å². The Morgan fingerprint density at radius 1 is 0.879 bits per heavy atom. The number of benzene rings is 2. The van der Waals surface area contributed by atoms with Gasteiger partial charge in [0, 0.05) is 32.1 Å². The molecule has 3 amide bonds. The number of nitrogens with one attached hydrogen (secondary N) is 1. The zero-order chi connectivity index (χ0) is 23.2. The summed E-state index contributed by atoms with van der Waals surface area (Å²) in [6, 6.07) is 15.9. The molecular weight excluding hydrogens is 438 g/mol. The summed E-state index contributed by atoms with van der Waals surface area (Å²) in [5.41, 5.74) is 1.25. The summed E-state index contributed by atoms with van der Waals surface area (Å²) in [6.07, 6.45) is 3.73. The van der Waals surface area contributed by atoms with Gasteiger partial charge in [0.05, 0.1) is 23.0 Å². The molecule has 6 nitrogen and oxygen atoms in total. The Balaban J connectivity index is 1.39. The lowest BCUT2D eigenvalue weighted by molar-refractivity contribution is -0.140. The van der Waals surface area contributed by atoms with Gasteiger partial charge in [-0.15, -0.1) is 0 Å². The number of hydrogen-bond donors (Lipinski definition) is 1. The van der Waals surface area contributed by atoms with Crippen molar-refractivity contribution in [3.8, 4) is 0 Å². The van der Waals surface area contributed by atoms with Gasteiger partial charge >= 0.3 is 0 Å². The van der Waals surface area contributed by atoms with Crippen LogP contribution in [0.5, 0.6) is 0 Å². The molecule has 2 saturated heterocycles. The van der Waals surface area contributed by atoms with Gasteiger partial charge in [-0.3, -0.25) is 14.4 Å². The number of amides is 3. The first-order chi connectivity index (χ1) is 16.0. The number of carbonyl (C=O) groups is 3. The second-order valence-corrected chi connectivity index (χ2v) is 9.22. The zero-order valence-electron chi connectivity index (χ0n) is 18.7. The van der Waals surface area contributed by atoms with Crippen molar-refractivity contribution in [2.75, 3.05) is 26.2 Å². The largest absolute Gasteiger partial charge is 0.345 e. The van der Waals surface area contributed by atoms with E-state index in [1.54, 1.807) is 24.3 Å². The van der Waals surface area contributed by atoms with Crippen molar-refractivity contribution >= 4 is 29.3 Å². The van der Waals surface area contributed by atoms with Gasteiger partial charge in [-0.25, -0.2) is 0 Å². The predicted octanol–water partition coefficient (Wildman–Crippen LogP) is 4.06. The number of rotatable bonds is 6. The molecule has 0 aliphatic carbocycles. The van der Waals surface area contributed by atoms with Crippen LogP contribution >= 0.6 is 11.6 Å². The molecule has 0 bridgehead atoms. The van der Waals surface area contributed by atoms with Crippen LogP contribution in [0.2, 0.25) is 5.02 Å². The van der Waals surface area contributed by atoms with E-state index in [4.69, 9.17) is 11.6 Å². The van der Waals surface area contributed by atoms with Crippen molar-refractivity contribution in [2.24, 2.45) is 5.92 Å². The maximum absolute atomic E-state index is 13.2. The number of hydrogen-bond acceptors (Lipinski definition) is 3. The van der Waals surface area contributed by atoms with Crippen LogP contribution in [0, 0.1) is 5.92 Å². The SMILES string of the molecule is O=C(NC(CC(=O)N1CCC(C(=O)N2CCCC2)CC1)c1ccccc1)c1ccccc1Cl. The summed E-state index contributed by atoms with van der Waals surface area (Å²) in [4.78, 5) is 42.5. The molecule has 1 atom stereocenters. The van der Waals surface area contributed by atoms with E-state index >= 15 is 0 Å². The molecule has 1 N–H and O–H groups in total. The number of nitrogens with zero attached hydrogens (tertiary/aromatic N) is 2. The Bertz CT molecular complexity index is 983. The topological polar surface area (TPSA) is 69.7 Å². The van der Waals surface area contributed by atoms with Crippen LogP contribution < -0.4 is 5.32 Å². The molecule has 174 valence electrons. The first kappa shape index (κ1) is 23.3. The number of piperidine rings is 1. The van der Waals surface area contributed by atoms with Gasteiger partial charge in [0.2, 0.25) is 11.8 Å². The van der Waals surface area contributed by atoms with Crippen molar-refractivity contribution in [3.05, 3.63) is 70.7 Å². The molecule has 0 saturated carbocycles. The number of halogens is 1. The Morgan fingerprint density at radius 2 is 1.52 bits per heavy atom. The summed E-state index contributed by atoms with van der Waals surface area (Å²) in [5.74, 6) is -0.0710. The standard InChI is InChI=1S/C26H30ClN3O3/c27-22-11-5-4-10-21(22)25(32)28-23(19-8-2-1-3-9-19)18-24(31)29-16-12-20(13-17-29)26(33)30-14-6-7-15-30/h1-5,8-11,20,23H,6-7,12-18H2,(H,28,32).